The van der Waals surface area contributed by atoms with Gasteiger partial charge in [0, 0.05) is 38.1 Å². The van der Waals surface area contributed by atoms with Crippen molar-refractivity contribution < 1.29 is 14.3 Å². The minimum atomic E-state index is -0.254. The van der Waals surface area contributed by atoms with Gasteiger partial charge in [-0.2, -0.15) is 0 Å². The van der Waals surface area contributed by atoms with Gasteiger partial charge in [-0.05, 0) is 36.8 Å². The maximum absolute atomic E-state index is 12.6. The number of anilines is 2. The average molecular weight is 426 g/mol. The molecule has 0 radical (unpaired) electrons. The smallest absolute Gasteiger partial charge is 0.321 e. The molecule has 0 aliphatic carbocycles. The van der Waals surface area contributed by atoms with E-state index in [0.717, 1.165) is 34.1 Å². The molecule has 0 bridgehead atoms. The van der Waals surface area contributed by atoms with Crippen LogP contribution in [-0.4, -0.2) is 59.7 Å². The Morgan fingerprint density at radius 1 is 1.13 bits per heavy atom. The number of pyridine rings is 1. The molecule has 9 heteroatoms. The Labute approximate surface area is 178 Å². The number of carbonyl (C=O) groups excluding carboxylic acids is 2. The van der Waals surface area contributed by atoms with Crippen molar-refractivity contribution >= 4 is 44.5 Å². The SMILES string of the molecule is CCOC(=O)Cc1ccc(NC(=O)N2CCN(c3nc4cccnc4s3)CC2)cc1. The molecule has 3 aromatic rings. The number of rotatable bonds is 5. The van der Waals surface area contributed by atoms with Gasteiger partial charge in [-0.25, -0.2) is 14.8 Å². The molecule has 8 nitrogen and oxygen atoms in total. The summed E-state index contributed by atoms with van der Waals surface area (Å²) in [5.74, 6) is -0.254. The number of nitrogens with zero attached hydrogens (tertiary/aromatic N) is 4. The van der Waals surface area contributed by atoms with Crippen molar-refractivity contribution in [1.29, 1.82) is 0 Å². The number of thiazole rings is 1. The van der Waals surface area contributed by atoms with Gasteiger partial charge in [-0.15, -0.1) is 0 Å². The molecule has 2 aromatic heterocycles. The van der Waals surface area contributed by atoms with Crippen molar-refractivity contribution in [2.75, 3.05) is 43.0 Å². The number of fused-ring (bicyclic) bond motifs is 1. The number of aromatic nitrogens is 2. The van der Waals surface area contributed by atoms with E-state index in [-0.39, 0.29) is 18.4 Å². The van der Waals surface area contributed by atoms with Gasteiger partial charge < -0.3 is 19.9 Å². The summed E-state index contributed by atoms with van der Waals surface area (Å²) in [4.78, 5) is 38.1. The molecule has 1 aliphatic rings. The van der Waals surface area contributed by atoms with Gasteiger partial charge in [0.2, 0.25) is 0 Å². The molecule has 1 aromatic carbocycles. The Balaban J connectivity index is 1.29. The molecule has 0 unspecified atom stereocenters. The molecule has 1 N–H and O–H groups in total. The first-order chi connectivity index (χ1) is 14.6. The van der Waals surface area contributed by atoms with E-state index in [2.05, 4.69) is 20.2 Å². The van der Waals surface area contributed by atoms with Gasteiger partial charge in [-0.3, -0.25) is 4.79 Å². The van der Waals surface area contributed by atoms with E-state index >= 15 is 0 Å². The maximum atomic E-state index is 12.6. The molecular formula is C21H23N5O3S. The van der Waals surface area contributed by atoms with Crippen molar-refractivity contribution in [3.05, 3.63) is 48.2 Å². The first-order valence-electron chi connectivity index (χ1n) is 9.89. The lowest BCUT2D eigenvalue weighted by Gasteiger charge is -2.34. The van der Waals surface area contributed by atoms with Crippen molar-refractivity contribution in [2.24, 2.45) is 0 Å². The van der Waals surface area contributed by atoms with Crippen LogP contribution in [0.3, 0.4) is 0 Å². The molecule has 2 amide bonds. The third-order valence-corrected chi connectivity index (χ3v) is 5.89. The van der Waals surface area contributed by atoms with Crippen molar-refractivity contribution in [2.45, 2.75) is 13.3 Å². The quantitative estimate of drug-likeness (QED) is 0.632. The number of ether oxygens (including phenoxy) is 1. The second-order valence-corrected chi connectivity index (χ2v) is 7.86. The van der Waals surface area contributed by atoms with Crippen LogP contribution in [0.4, 0.5) is 15.6 Å². The molecule has 0 spiro atoms. The Hall–Kier alpha value is -3.20. The largest absolute Gasteiger partial charge is 0.466 e. The molecule has 156 valence electrons. The zero-order valence-electron chi connectivity index (χ0n) is 16.7. The predicted molar refractivity (Wildman–Crippen MR) is 117 cm³/mol. The number of amides is 2. The van der Waals surface area contributed by atoms with Crippen LogP contribution in [0.2, 0.25) is 0 Å². The van der Waals surface area contributed by atoms with E-state index in [0.29, 0.717) is 25.4 Å². The second-order valence-electron chi connectivity index (χ2n) is 6.91. The summed E-state index contributed by atoms with van der Waals surface area (Å²) in [6.07, 6.45) is 2.00. The highest BCUT2D eigenvalue weighted by Crippen LogP contribution is 2.27. The number of piperazine rings is 1. The predicted octanol–water partition coefficient (Wildman–Crippen LogP) is 3.15. The highest BCUT2D eigenvalue weighted by Gasteiger charge is 2.23. The zero-order chi connectivity index (χ0) is 20.9. The summed E-state index contributed by atoms with van der Waals surface area (Å²) in [7, 11) is 0. The maximum Gasteiger partial charge on any atom is 0.321 e. The molecule has 1 fully saturated rings. The number of esters is 1. The number of carbonyl (C=O) groups is 2. The van der Waals surface area contributed by atoms with Gasteiger partial charge in [0.1, 0.15) is 10.3 Å². The van der Waals surface area contributed by atoms with Crippen LogP contribution >= 0.6 is 11.3 Å². The van der Waals surface area contributed by atoms with E-state index in [4.69, 9.17) is 4.74 Å². The lowest BCUT2D eigenvalue weighted by molar-refractivity contribution is -0.142. The first-order valence-corrected chi connectivity index (χ1v) is 10.7. The summed E-state index contributed by atoms with van der Waals surface area (Å²) in [6.45, 7) is 4.85. The second kappa shape index (κ2) is 9.08. The fourth-order valence-electron chi connectivity index (χ4n) is 3.28. The Bertz CT molecular complexity index is 996. The monoisotopic (exact) mass is 425 g/mol. The Morgan fingerprint density at radius 3 is 2.60 bits per heavy atom. The number of hydrogen-bond donors (Lipinski definition) is 1. The summed E-state index contributed by atoms with van der Waals surface area (Å²) in [5.41, 5.74) is 2.46. The van der Waals surface area contributed by atoms with Gasteiger partial charge in [0.25, 0.3) is 0 Å². The van der Waals surface area contributed by atoms with Gasteiger partial charge >= 0.3 is 12.0 Å². The minimum absolute atomic E-state index is 0.126. The molecule has 1 aliphatic heterocycles. The fraction of sp³-hybridized carbons (Fsp3) is 0.333. The molecule has 30 heavy (non-hydrogen) atoms. The number of nitrogens with one attached hydrogen (secondary N) is 1. The fourth-order valence-corrected chi connectivity index (χ4v) is 4.24. The van der Waals surface area contributed by atoms with Crippen molar-refractivity contribution in [3.63, 3.8) is 0 Å². The summed E-state index contributed by atoms with van der Waals surface area (Å²) < 4.78 is 4.95. The first kappa shape index (κ1) is 20.1. The lowest BCUT2D eigenvalue weighted by Crippen LogP contribution is -2.50. The topological polar surface area (TPSA) is 87.7 Å². The zero-order valence-corrected chi connectivity index (χ0v) is 17.5. The third kappa shape index (κ3) is 4.68. The highest BCUT2D eigenvalue weighted by molar-refractivity contribution is 7.21. The normalized spacial score (nSPS) is 14.0. The lowest BCUT2D eigenvalue weighted by atomic mass is 10.1. The van der Waals surface area contributed by atoms with E-state index in [1.54, 1.807) is 41.5 Å². The standard InChI is InChI=1S/C21H23N5O3S/c1-2-29-18(27)14-15-5-7-16(8-6-15)23-20(28)25-10-12-26(13-11-25)21-24-17-4-3-9-22-19(17)30-21/h3-9H,2,10-14H2,1H3,(H,23,28). The van der Waals surface area contributed by atoms with Crippen molar-refractivity contribution in [1.82, 2.24) is 14.9 Å². The number of urea groups is 1. The van der Waals surface area contributed by atoms with Gasteiger partial charge in [-0.1, -0.05) is 23.5 Å². The Kier molecular flexibility index (Phi) is 6.08. The summed E-state index contributed by atoms with van der Waals surface area (Å²) >= 11 is 1.58. The van der Waals surface area contributed by atoms with Gasteiger partial charge in [0.05, 0.1) is 13.0 Å². The van der Waals surface area contributed by atoms with Crippen LogP contribution in [-0.2, 0) is 16.0 Å². The van der Waals surface area contributed by atoms with Crippen LogP contribution in [0.5, 0.6) is 0 Å². The van der Waals surface area contributed by atoms with E-state index in [9.17, 15) is 9.59 Å². The van der Waals surface area contributed by atoms with Crippen LogP contribution in [0.1, 0.15) is 12.5 Å². The molecule has 3 heterocycles. The van der Waals surface area contributed by atoms with E-state index in [1.165, 1.54) is 0 Å². The third-order valence-electron chi connectivity index (χ3n) is 4.85. The summed E-state index contributed by atoms with van der Waals surface area (Å²) in [6, 6.07) is 11.0. The molecular weight excluding hydrogens is 402 g/mol. The number of benzene rings is 1. The van der Waals surface area contributed by atoms with Crippen LogP contribution in [0.25, 0.3) is 10.3 Å². The summed E-state index contributed by atoms with van der Waals surface area (Å²) in [5, 5.41) is 3.87. The van der Waals surface area contributed by atoms with Gasteiger partial charge in [0.15, 0.2) is 5.13 Å². The van der Waals surface area contributed by atoms with E-state index < -0.39 is 0 Å². The Morgan fingerprint density at radius 2 is 1.90 bits per heavy atom. The average Bonchev–Trinajstić information content (AvgIpc) is 3.20. The molecule has 1 saturated heterocycles. The van der Waals surface area contributed by atoms with E-state index in [1.807, 2.05) is 24.3 Å². The molecule has 0 saturated carbocycles. The van der Waals surface area contributed by atoms with Crippen LogP contribution < -0.4 is 10.2 Å². The molecule has 0 atom stereocenters. The van der Waals surface area contributed by atoms with Crippen LogP contribution in [0.15, 0.2) is 42.6 Å². The molecule has 4 rings (SSSR count). The number of hydrogen-bond acceptors (Lipinski definition) is 7. The van der Waals surface area contributed by atoms with Crippen LogP contribution in [0, 0.1) is 0 Å². The minimum Gasteiger partial charge on any atom is -0.466 e. The highest BCUT2D eigenvalue weighted by atomic mass is 32.1. The van der Waals surface area contributed by atoms with Crippen molar-refractivity contribution in [3.8, 4) is 0 Å².